The van der Waals surface area contributed by atoms with E-state index in [1.807, 2.05) is 6.07 Å². The van der Waals surface area contributed by atoms with Crippen LogP contribution in [-0.4, -0.2) is 13.4 Å². The number of hydrogen-bond acceptors (Lipinski definition) is 5. The van der Waals surface area contributed by atoms with E-state index in [9.17, 15) is 8.42 Å². The lowest BCUT2D eigenvalue weighted by atomic mass is 10.3. The van der Waals surface area contributed by atoms with E-state index < -0.39 is 10.0 Å². The highest BCUT2D eigenvalue weighted by molar-refractivity contribution is 9.10. The normalized spacial score (nSPS) is 11.5. The molecule has 2 aromatic rings. The molecule has 0 aliphatic rings. The zero-order valence-corrected chi connectivity index (χ0v) is 12.8. The van der Waals surface area contributed by atoms with Crippen molar-refractivity contribution in [2.75, 3.05) is 5.73 Å². The molecule has 2 rings (SSSR count). The van der Waals surface area contributed by atoms with Crippen molar-refractivity contribution in [1.82, 2.24) is 4.98 Å². The van der Waals surface area contributed by atoms with Crippen molar-refractivity contribution in [1.29, 1.82) is 0 Å². The predicted octanol–water partition coefficient (Wildman–Crippen LogP) is 2.22. The van der Waals surface area contributed by atoms with Crippen molar-refractivity contribution in [3.63, 3.8) is 0 Å². The quantitative estimate of drug-likeness (QED) is 0.818. The van der Waals surface area contributed by atoms with Crippen molar-refractivity contribution in [2.24, 2.45) is 5.14 Å². The van der Waals surface area contributed by atoms with E-state index in [1.54, 1.807) is 12.3 Å². The van der Waals surface area contributed by atoms with Gasteiger partial charge < -0.3 is 5.73 Å². The van der Waals surface area contributed by atoms with Gasteiger partial charge in [-0.05, 0) is 46.3 Å². The molecule has 4 N–H and O–H groups in total. The summed E-state index contributed by atoms with van der Waals surface area (Å²) in [7, 11) is -3.75. The molecule has 1 heterocycles. The van der Waals surface area contributed by atoms with E-state index in [0.717, 1.165) is 4.47 Å². The average Bonchev–Trinajstić information content (AvgIpc) is 2.33. The van der Waals surface area contributed by atoms with E-state index >= 15 is 0 Å². The molecular formula is C11H10BrN3O2S2. The van der Waals surface area contributed by atoms with Crippen molar-refractivity contribution in [3.8, 4) is 0 Å². The third-order valence-electron chi connectivity index (χ3n) is 2.24. The molecule has 100 valence electrons. The Morgan fingerprint density at radius 3 is 2.63 bits per heavy atom. The first-order chi connectivity index (χ1) is 8.88. The molecule has 5 nitrogen and oxygen atoms in total. The minimum absolute atomic E-state index is 0.0243. The average molecular weight is 360 g/mol. The Morgan fingerprint density at radius 1 is 1.26 bits per heavy atom. The van der Waals surface area contributed by atoms with Gasteiger partial charge in [-0.25, -0.2) is 18.5 Å². The maximum absolute atomic E-state index is 11.3. The molecule has 0 spiro atoms. The van der Waals surface area contributed by atoms with Crippen LogP contribution >= 0.6 is 27.7 Å². The summed E-state index contributed by atoms with van der Waals surface area (Å²) in [5.41, 5.74) is 6.30. The number of benzene rings is 1. The molecule has 0 fully saturated rings. The number of pyridine rings is 1. The summed E-state index contributed by atoms with van der Waals surface area (Å²) >= 11 is 4.64. The third kappa shape index (κ3) is 3.47. The van der Waals surface area contributed by atoms with Gasteiger partial charge in [-0.1, -0.05) is 11.8 Å². The zero-order chi connectivity index (χ0) is 14.0. The van der Waals surface area contributed by atoms with Gasteiger partial charge in [0, 0.05) is 16.8 Å². The van der Waals surface area contributed by atoms with Crippen LogP contribution in [0.4, 0.5) is 5.69 Å². The zero-order valence-electron chi connectivity index (χ0n) is 9.58. The largest absolute Gasteiger partial charge is 0.398 e. The maximum atomic E-state index is 11.3. The van der Waals surface area contributed by atoms with Gasteiger partial charge in [-0.2, -0.15) is 0 Å². The number of nitrogens with two attached hydrogens (primary N) is 2. The Bertz CT molecular complexity index is 720. The first-order valence-corrected chi connectivity index (χ1v) is 8.24. The van der Waals surface area contributed by atoms with Gasteiger partial charge in [-0.3, -0.25) is 0 Å². The second kappa shape index (κ2) is 5.49. The Labute approximate surface area is 123 Å². The molecule has 0 saturated heterocycles. The number of anilines is 1. The summed E-state index contributed by atoms with van der Waals surface area (Å²) < 4.78 is 23.4. The topological polar surface area (TPSA) is 99.1 Å². The number of sulfonamides is 1. The van der Waals surface area contributed by atoms with Gasteiger partial charge in [0.25, 0.3) is 0 Å². The predicted molar refractivity (Wildman–Crippen MR) is 78.3 cm³/mol. The molecule has 8 heteroatoms. The summed E-state index contributed by atoms with van der Waals surface area (Å²) in [6, 6.07) is 7.96. The molecule has 0 aliphatic carbocycles. The van der Waals surface area contributed by atoms with Gasteiger partial charge in [0.15, 0.2) is 0 Å². The molecule has 0 radical (unpaired) electrons. The van der Waals surface area contributed by atoms with Crippen LogP contribution in [0.3, 0.4) is 0 Å². The molecule has 1 aromatic heterocycles. The van der Waals surface area contributed by atoms with Gasteiger partial charge in [-0.15, -0.1) is 0 Å². The van der Waals surface area contributed by atoms with Gasteiger partial charge in [0.05, 0.1) is 9.37 Å². The number of nitrogen functional groups attached to an aromatic ring is 1. The monoisotopic (exact) mass is 359 g/mol. The van der Waals surface area contributed by atoms with Crippen LogP contribution in [0.25, 0.3) is 0 Å². The minimum atomic E-state index is -3.75. The van der Waals surface area contributed by atoms with Gasteiger partial charge >= 0.3 is 0 Å². The highest BCUT2D eigenvalue weighted by Gasteiger charge is 2.12. The summed E-state index contributed by atoms with van der Waals surface area (Å²) in [4.78, 5) is 4.80. The third-order valence-corrected chi connectivity index (χ3v) is 5.15. The second-order valence-electron chi connectivity index (χ2n) is 3.64. The number of nitrogens with zero attached hydrogens (tertiary/aromatic N) is 1. The Hall–Kier alpha value is -1.09. The van der Waals surface area contributed by atoms with Crippen LogP contribution < -0.4 is 10.9 Å². The lowest BCUT2D eigenvalue weighted by molar-refractivity contribution is 0.597. The smallest absolute Gasteiger partial charge is 0.238 e. The summed E-state index contributed by atoms with van der Waals surface area (Å²) in [6.07, 6.45) is 1.65. The van der Waals surface area contributed by atoms with E-state index in [-0.39, 0.29) is 4.90 Å². The van der Waals surface area contributed by atoms with Crippen molar-refractivity contribution in [3.05, 3.63) is 41.0 Å². The molecule has 0 unspecified atom stereocenters. The maximum Gasteiger partial charge on any atom is 0.238 e. The van der Waals surface area contributed by atoms with E-state index in [2.05, 4.69) is 20.9 Å². The minimum Gasteiger partial charge on any atom is -0.398 e. The highest BCUT2D eigenvalue weighted by atomic mass is 79.9. The van der Waals surface area contributed by atoms with E-state index in [1.165, 1.54) is 30.0 Å². The van der Waals surface area contributed by atoms with Gasteiger partial charge in [0.1, 0.15) is 5.03 Å². The number of aromatic nitrogens is 1. The molecular weight excluding hydrogens is 350 g/mol. The van der Waals surface area contributed by atoms with Crippen LogP contribution in [0.15, 0.2) is 55.8 Å². The summed E-state index contributed by atoms with van der Waals surface area (Å²) in [6.45, 7) is 0. The van der Waals surface area contributed by atoms with Crippen LogP contribution in [-0.2, 0) is 10.0 Å². The lowest BCUT2D eigenvalue weighted by Crippen LogP contribution is -2.12. The van der Waals surface area contributed by atoms with Crippen molar-refractivity contribution in [2.45, 2.75) is 14.8 Å². The van der Waals surface area contributed by atoms with E-state index in [0.29, 0.717) is 15.6 Å². The fourth-order valence-electron chi connectivity index (χ4n) is 1.33. The first-order valence-electron chi connectivity index (χ1n) is 5.08. The number of hydrogen-bond donors (Lipinski definition) is 2. The molecule has 0 saturated carbocycles. The first kappa shape index (κ1) is 14.3. The van der Waals surface area contributed by atoms with E-state index in [4.69, 9.17) is 10.9 Å². The molecule has 1 aromatic carbocycles. The standard InChI is InChI=1S/C11H10BrN3O2S2/c12-8-2-1-5-15-11(8)18-10-6-7(19(14,16)17)3-4-9(10)13/h1-6H,13H2,(H2,14,16,17). The molecule has 0 aliphatic heterocycles. The molecule has 0 amide bonds. The van der Waals surface area contributed by atoms with Crippen LogP contribution in [0.5, 0.6) is 0 Å². The fraction of sp³-hybridized carbons (Fsp3) is 0. The summed E-state index contributed by atoms with van der Waals surface area (Å²) in [5.74, 6) is 0. The molecule has 0 atom stereocenters. The van der Waals surface area contributed by atoms with Crippen molar-refractivity contribution >= 4 is 43.4 Å². The Morgan fingerprint density at radius 2 is 2.00 bits per heavy atom. The summed E-state index contributed by atoms with van der Waals surface area (Å²) in [5, 5.41) is 5.79. The molecule has 19 heavy (non-hydrogen) atoms. The Kier molecular flexibility index (Phi) is 4.14. The van der Waals surface area contributed by atoms with Crippen molar-refractivity contribution < 1.29 is 8.42 Å². The van der Waals surface area contributed by atoms with Crippen LogP contribution in [0.1, 0.15) is 0 Å². The fourth-order valence-corrected chi connectivity index (χ4v) is 3.30. The second-order valence-corrected chi connectivity index (χ2v) is 7.08. The van der Waals surface area contributed by atoms with Gasteiger partial charge in [0.2, 0.25) is 10.0 Å². The lowest BCUT2D eigenvalue weighted by Gasteiger charge is -2.07. The Balaban J connectivity index is 2.43. The van der Waals surface area contributed by atoms with Crippen LogP contribution in [0, 0.1) is 0 Å². The number of primary sulfonamides is 1. The molecule has 0 bridgehead atoms. The SMILES string of the molecule is Nc1ccc(S(N)(=O)=O)cc1Sc1ncccc1Br. The van der Waals surface area contributed by atoms with Crippen LogP contribution in [0.2, 0.25) is 0 Å². The number of halogens is 1. The number of rotatable bonds is 3. The highest BCUT2D eigenvalue weighted by Crippen LogP contribution is 2.35.